The molecule has 6 heteroatoms. The number of hydrogen-bond acceptors (Lipinski definition) is 3. The highest BCUT2D eigenvalue weighted by atomic mass is 35.5. The minimum atomic E-state index is -0.820. The number of halogens is 1. The molecule has 1 heterocycles. The summed E-state index contributed by atoms with van der Waals surface area (Å²) >= 11 is 5.96. The molecule has 1 atom stereocenters. The molecule has 29 heavy (non-hydrogen) atoms. The second-order valence-corrected chi connectivity index (χ2v) is 7.97. The molecular weight excluding hydrogens is 386 g/mol. The summed E-state index contributed by atoms with van der Waals surface area (Å²) in [5, 5.41) is 3.17. The number of carbonyl (C=O) groups is 2. The molecule has 1 N–H and O–H groups in total. The van der Waals surface area contributed by atoms with Gasteiger partial charge in [0.2, 0.25) is 11.8 Å². The van der Waals surface area contributed by atoms with Crippen LogP contribution in [-0.4, -0.2) is 28.7 Å². The number of pyridine rings is 1. The van der Waals surface area contributed by atoms with E-state index in [-0.39, 0.29) is 23.7 Å². The third-order valence-corrected chi connectivity index (χ3v) is 5.84. The summed E-state index contributed by atoms with van der Waals surface area (Å²) in [5.74, 6) is -0.718. The molecule has 1 aromatic carbocycles. The zero-order valence-electron chi connectivity index (χ0n) is 17.0. The van der Waals surface area contributed by atoms with Crippen LogP contribution < -0.4 is 10.2 Å². The lowest BCUT2D eigenvalue weighted by atomic mass is 9.94. The maximum absolute atomic E-state index is 13.4. The zero-order chi connectivity index (χ0) is 20.8. The van der Waals surface area contributed by atoms with Crippen LogP contribution in [0.2, 0.25) is 0 Å². The molecule has 1 fully saturated rings. The second kappa shape index (κ2) is 9.88. The number of hydrogen-bond donors (Lipinski definition) is 1. The first-order valence-corrected chi connectivity index (χ1v) is 10.7. The Morgan fingerprint density at radius 1 is 1.17 bits per heavy atom. The smallest absolute Gasteiger partial charge is 0.248 e. The van der Waals surface area contributed by atoms with Gasteiger partial charge < -0.3 is 5.32 Å². The Balaban J connectivity index is 2.01. The first kappa shape index (κ1) is 21.3. The Morgan fingerprint density at radius 3 is 2.55 bits per heavy atom. The van der Waals surface area contributed by atoms with Crippen molar-refractivity contribution in [2.45, 2.75) is 58.0 Å². The van der Waals surface area contributed by atoms with E-state index in [1.165, 1.54) is 11.3 Å². The number of aryl methyl sites for hydroxylation is 2. The number of rotatable bonds is 6. The molecule has 0 aliphatic heterocycles. The number of anilines is 1. The average molecular weight is 414 g/mol. The quantitative estimate of drug-likeness (QED) is 0.711. The van der Waals surface area contributed by atoms with E-state index in [0.717, 1.165) is 36.8 Å². The lowest BCUT2D eigenvalue weighted by molar-refractivity contribution is -0.126. The van der Waals surface area contributed by atoms with E-state index in [9.17, 15) is 9.59 Å². The summed E-state index contributed by atoms with van der Waals surface area (Å²) in [6.07, 6.45) is 8.67. The molecule has 2 amide bonds. The number of carbonyl (C=O) groups excluding carboxylic acids is 2. The molecule has 0 bridgehead atoms. The van der Waals surface area contributed by atoms with E-state index in [1.807, 2.05) is 38.1 Å². The molecule has 0 saturated heterocycles. The highest BCUT2D eigenvalue weighted by Gasteiger charge is 2.34. The van der Waals surface area contributed by atoms with Crippen LogP contribution in [0.25, 0.3) is 0 Å². The van der Waals surface area contributed by atoms with Crippen LogP contribution in [-0.2, 0) is 9.59 Å². The number of nitrogens with one attached hydrogen (secondary N) is 1. The van der Waals surface area contributed by atoms with Gasteiger partial charge in [-0.25, -0.2) is 0 Å². The molecule has 154 valence electrons. The normalized spacial score (nSPS) is 15.6. The first-order valence-electron chi connectivity index (χ1n) is 10.2. The van der Waals surface area contributed by atoms with Gasteiger partial charge in [-0.1, -0.05) is 31.4 Å². The molecule has 2 aromatic rings. The Bertz CT molecular complexity index is 850. The van der Waals surface area contributed by atoms with Crippen molar-refractivity contribution in [3.63, 3.8) is 0 Å². The minimum absolute atomic E-state index is 0.142. The summed E-state index contributed by atoms with van der Waals surface area (Å²) < 4.78 is 0. The van der Waals surface area contributed by atoms with Gasteiger partial charge in [0.25, 0.3) is 0 Å². The number of amides is 2. The molecule has 1 aliphatic carbocycles. The number of aromatic nitrogens is 1. The Labute approximate surface area is 177 Å². The minimum Gasteiger partial charge on any atom is -0.351 e. The van der Waals surface area contributed by atoms with Crippen molar-refractivity contribution in [2.24, 2.45) is 0 Å². The van der Waals surface area contributed by atoms with Crippen LogP contribution in [0, 0.1) is 13.8 Å². The first-order chi connectivity index (χ1) is 14.0. The molecule has 0 spiro atoms. The molecule has 1 aromatic heterocycles. The number of alkyl halides is 1. The van der Waals surface area contributed by atoms with Gasteiger partial charge in [-0.05, 0) is 56.0 Å². The van der Waals surface area contributed by atoms with Crippen LogP contribution in [0.4, 0.5) is 5.69 Å². The third kappa shape index (κ3) is 5.15. The van der Waals surface area contributed by atoms with Crippen molar-refractivity contribution in [1.29, 1.82) is 0 Å². The van der Waals surface area contributed by atoms with Gasteiger partial charge in [0, 0.05) is 29.7 Å². The standard InChI is InChI=1S/C23H28ClN3O2/c1-16-10-11-20(13-17(16)2)27(21(28)14-24)22(18-7-6-12-25-15-18)23(29)26-19-8-4-3-5-9-19/h6-7,10-13,15,19,22H,3-5,8-9,14H2,1-2H3,(H,26,29)/t22-/m0/s1. The molecule has 1 saturated carbocycles. The lowest BCUT2D eigenvalue weighted by Gasteiger charge is -2.33. The molecule has 5 nitrogen and oxygen atoms in total. The third-order valence-electron chi connectivity index (χ3n) is 5.61. The van der Waals surface area contributed by atoms with Crippen LogP contribution in [0.1, 0.15) is 54.8 Å². The lowest BCUT2D eigenvalue weighted by Crippen LogP contribution is -2.47. The fourth-order valence-electron chi connectivity index (χ4n) is 3.86. The Kier molecular flexibility index (Phi) is 7.26. The maximum Gasteiger partial charge on any atom is 0.248 e. The monoisotopic (exact) mass is 413 g/mol. The van der Waals surface area contributed by atoms with E-state index in [1.54, 1.807) is 18.5 Å². The SMILES string of the molecule is Cc1ccc(N(C(=O)CCl)[C@H](C(=O)NC2CCCCC2)c2cccnc2)cc1C. The summed E-state index contributed by atoms with van der Waals surface area (Å²) in [4.78, 5) is 32.0. The second-order valence-electron chi connectivity index (χ2n) is 7.70. The zero-order valence-corrected chi connectivity index (χ0v) is 17.8. The maximum atomic E-state index is 13.4. The van der Waals surface area contributed by atoms with Gasteiger partial charge in [0.15, 0.2) is 0 Å². The predicted octanol–water partition coefficient (Wildman–Crippen LogP) is 4.46. The van der Waals surface area contributed by atoms with Gasteiger partial charge in [0.05, 0.1) is 0 Å². The van der Waals surface area contributed by atoms with Crippen molar-refractivity contribution in [1.82, 2.24) is 10.3 Å². The topological polar surface area (TPSA) is 62.3 Å². The van der Waals surface area contributed by atoms with Crippen molar-refractivity contribution in [3.8, 4) is 0 Å². The van der Waals surface area contributed by atoms with Crippen LogP contribution in [0.3, 0.4) is 0 Å². The van der Waals surface area contributed by atoms with Crippen LogP contribution >= 0.6 is 11.6 Å². The van der Waals surface area contributed by atoms with Gasteiger partial charge in [-0.2, -0.15) is 0 Å². The van der Waals surface area contributed by atoms with Crippen molar-refractivity contribution >= 4 is 29.1 Å². The van der Waals surface area contributed by atoms with E-state index < -0.39 is 6.04 Å². The number of benzene rings is 1. The fraction of sp³-hybridized carbons (Fsp3) is 0.435. The summed E-state index contributed by atoms with van der Waals surface area (Å²) in [6, 6.07) is 8.68. The van der Waals surface area contributed by atoms with Crippen LogP contribution in [0.15, 0.2) is 42.7 Å². The predicted molar refractivity (Wildman–Crippen MR) is 116 cm³/mol. The van der Waals surface area contributed by atoms with Gasteiger partial charge >= 0.3 is 0 Å². The van der Waals surface area contributed by atoms with Gasteiger partial charge in [-0.3, -0.25) is 19.5 Å². The van der Waals surface area contributed by atoms with Crippen LogP contribution in [0.5, 0.6) is 0 Å². The fourth-order valence-corrected chi connectivity index (χ4v) is 3.99. The Morgan fingerprint density at radius 2 is 1.93 bits per heavy atom. The van der Waals surface area contributed by atoms with E-state index in [2.05, 4.69) is 10.3 Å². The highest BCUT2D eigenvalue weighted by molar-refractivity contribution is 6.29. The van der Waals surface area contributed by atoms with Crippen molar-refractivity contribution in [2.75, 3.05) is 10.8 Å². The summed E-state index contributed by atoms with van der Waals surface area (Å²) in [5.41, 5.74) is 3.49. The summed E-state index contributed by atoms with van der Waals surface area (Å²) in [6.45, 7) is 4.00. The van der Waals surface area contributed by atoms with E-state index in [0.29, 0.717) is 11.3 Å². The van der Waals surface area contributed by atoms with E-state index >= 15 is 0 Å². The average Bonchev–Trinajstić information content (AvgIpc) is 2.74. The van der Waals surface area contributed by atoms with Crippen molar-refractivity contribution in [3.05, 3.63) is 59.4 Å². The van der Waals surface area contributed by atoms with E-state index in [4.69, 9.17) is 11.6 Å². The molecule has 3 rings (SSSR count). The molecular formula is C23H28ClN3O2. The number of nitrogens with zero attached hydrogens (tertiary/aromatic N) is 2. The summed E-state index contributed by atoms with van der Waals surface area (Å²) in [7, 11) is 0. The molecule has 0 unspecified atom stereocenters. The molecule has 1 aliphatic rings. The van der Waals surface area contributed by atoms with Gasteiger partial charge in [-0.15, -0.1) is 11.6 Å². The molecule has 0 radical (unpaired) electrons. The Hall–Kier alpha value is -2.40. The van der Waals surface area contributed by atoms with Gasteiger partial charge in [0.1, 0.15) is 11.9 Å². The highest BCUT2D eigenvalue weighted by Crippen LogP contribution is 2.30. The largest absolute Gasteiger partial charge is 0.351 e. The van der Waals surface area contributed by atoms with Crippen molar-refractivity contribution < 1.29 is 9.59 Å².